The molecule has 0 aromatic carbocycles. The SMILES string of the molecule is CC(C)COCC(O)CNC1CCN(C)C1=O. The zero-order valence-corrected chi connectivity index (χ0v) is 11.0. The van der Waals surface area contributed by atoms with Crippen molar-refractivity contribution in [3.05, 3.63) is 0 Å². The topological polar surface area (TPSA) is 61.8 Å². The standard InChI is InChI=1S/C12H24N2O3/c1-9(2)7-17-8-10(15)6-13-11-4-5-14(3)12(11)16/h9-11,13,15H,4-8H2,1-3H3. The molecule has 0 bridgehead atoms. The number of nitrogens with zero attached hydrogens (tertiary/aromatic N) is 1. The monoisotopic (exact) mass is 244 g/mol. The lowest BCUT2D eigenvalue weighted by atomic mass is 10.2. The number of carbonyl (C=O) groups is 1. The van der Waals surface area contributed by atoms with E-state index in [-0.39, 0.29) is 11.9 Å². The fraction of sp³-hybridized carbons (Fsp3) is 0.917. The second kappa shape index (κ2) is 6.93. The number of nitrogens with one attached hydrogen (secondary N) is 1. The van der Waals surface area contributed by atoms with Gasteiger partial charge in [0.25, 0.3) is 0 Å². The van der Waals surface area contributed by atoms with E-state index in [4.69, 9.17) is 4.74 Å². The van der Waals surface area contributed by atoms with Crippen LogP contribution in [0.1, 0.15) is 20.3 Å². The molecule has 1 heterocycles. The molecular weight excluding hydrogens is 220 g/mol. The molecule has 2 N–H and O–H groups in total. The molecule has 0 aromatic heterocycles. The molecule has 0 saturated carbocycles. The van der Waals surface area contributed by atoms with Crippen LogP contribution in [0.3, 0.4) is 0 Å². The Balaban J connectivity index is 2.11. The van der Waals surface area contributed by atoms with Crippen LogP contribution in [0.4, 0.5) is 0 Å². The van der Waals surface area contributed by atoms with Crippen LogP contribution in [0.5, 0.6) is 0 Å². The van der Waals surface area contributed by atoms with Crippen molar-refractivity contribution in [2.45, 2.75) is 32.4 Å². The Hall–Kier alpha value is -0.650. The van der Waals surface area contributed by atoms with Gasteiger partial charge in [0.05, 0.1) is 18.8 Å². The highest BCUT2D eigenvalue weighted by Gasteiger charge is 2.28. The molecule has 0 aliphatic carbocycles. The minimum atomic E-state index is -0.549. The summed E-state index contributed by atoms with van der Waals surface area (Å²) in [6, 6.07) is -0.139. The summed E-state index contributed by atoms with van der Waals surface area (Å²) in [7, 11) is 1.80. The maximum absolute atomic E-state index is 11.6. The summed E-state index contributed by atoms with van der Waals surface area (Å²) in [6.07, 6.45) is 0.266. The zero-order chi connectivity index (χ0) is 12.8. The van der Waals surface area contributed by atoms with Crippen molar-refractivity contribution in [2.75, 3.05) is 33.4 Å². The predicted molar refractivity (Wildman–Crippen MR) is 65.7 cm³/mol. The Bertz CT molecular complexity index is 246. The van der Waals surface area contributed by atoms with E-state index in [2.05, 4.69) is 19.2 Å². The van der Waals surface area contributed by atoms with Gasteiger partial charge in [-0.3, -0.25) is 4.79 Å². The largest absolute Gasteiger partial charge is 0.389 e. The van der Waals surface area contributed by atoms with Crippen LogP contribution >= 0.6 is 0 Å². The third-order valence-electron chi connectivity index (χ3n) is 2.79. The molecule has 2 unspecified atom stereocenters. The molecule has 2 atom stereocenters. The smallest absolute Gasteiger partial charge is 0.239 e. The lowest BCUT2D eigenvalue weighted by Crippen LogP contribution is -2.41. The van der Waals surface area contributed by atoms with Gasteiger partial charge in [-0.05, 0) is 12.3 Å². The summed E-state index contributed by atoms with van der Waals surface area (Å²) in [5.74, 6) is 0.584. The number of hydrogen-bond acceptors (Lipinski definition) is 4. The number of rotatable bonds is 7. The lowest BCUT2D eigenvalue weighted by Gasteiger charge is -2.16. The fourth-order valence-corrected chi connectivity index (χ4v) is 1.79. The van der Waals surface area contributed by atoms with E-state index in [1.54, 1.807) is 11.9 Å². The minimum Gasteiger partial charge on any atom is -0.389 e. The van der Waals surface area contributed by atoms with E-state index < -0.39 is 6.10 Å². The van der Waals surface area contributed by atoms with Crippen LogP contribution in [0.15, 0.2) is 0 Å². The lowest BCUT2D eigenvalue weighted by molar-refractivity contribution is -0.128. The molecule has 5 nitrogen and oxygen atoms in total. The molecule has 1 aliphatic rings. The first-order valence-electron chi connectivity index (χ1n) is 6.25. The van der Waals surface area contributed by atoms with Gasteiger partial charge in [-0.2, -0.15) is 0 Å². The summed E-state index contributed by atoms with van der Waals surface area (Å²) in [4.78, 5) is 13.3. The number of aliphatic hydroxyl groups excluding tert-OH is 1. The molecule has 1 rings (SSSR count). The molecule has 0 aromatic rings. The van der Waals surface area contributed by atoms with Crippen LogP contribution in [0.25, 0.3) is 0 Å². The number of likely N-dealkylation sites (N-methyl/N-ethyl adjacent to an activating group) is 1. The van der Waals surface area contributed by atoms with Crippen molar-refractivity contribution in [1.82, 2.24) is 10.2 Å². The van der Waals surface area contributed by atoms with Crippen LogP contribution in [-0.4, -0.2) is 61.4 Å². The van der Waals surface area contributed by atoms with Crippen molar-refractivity contribution < 1.29 is 14.6 Å². The van der Waals surface area contributed by atoms with Gasteiger partial charge < -0.3 is 20.1 Å². The van der Waals surface area contributed by atoms with Gasteiger partial charge in [0.15, 0.2) is 0 Å². The van der Waals surface area contributed by atoms with Gasteiger partial charge in [0.1, 0.15) is 0 Å². The molecule has 5 heteroatoms. The highest BCUT2D eigenvalue weighted by molar-refractivity contribution is 5.83. The van der Waals surface area contributed by atoms with Crippen LogP contribution in [0.2, 0.25) is 0 Å². The Kier molecular flexibility index (Phi) is 5.88. The average Bonchev–Trinajstić information content (AvgIpc) is 2.57. The zero-order valence-electron chi connectivity index (χ0n) is 11.0. The molecule has 0 spiro atoms. The highest BCUT2D eigenvalue weighted by atomic mass is 16.5. The molecule has 1 saturated heterocycles. The predicted octanol–water partition coefficient (Wildman–Crippen LogP) is -0.160. The van der Waals surface area contributed by atoms with E-state index >= 15 is 0 Å². The van der Waals surface area contributed by atoms with Crippen LogP contribution in [-0.2, 0) is 9.53 Å². The van der Waals surface area contributed by atoms with Crippen molar-refractivity contribution in [1.29, 1.82) is 0 Å². The summed E-state index contributed by atoms with van der Waals surface area (Å²) in [5, 5.41) is 12.7. The van der Waals surface area contributed by atoms with E-state index in [0.29, 0.717) is 25.7 Å². The average molecular weight is 244 g/mol. The Morgan fingerprint density at radius 2 is 2.24 bits per heavy atom. The first kappa shape index (κ1) is 14.4. The van der Waals surface area contributed by atoms with Crippen molar-refractivity contribution >= 4 is 5.91 Å². The number of ether oxygens (including phenoxy) is 1. The first-order chi connectivity index (χ1) is 8.00. The summed E-state index contributed by atoms with van der Waals surface area (Å²) in [6.45, 7) is 6.30. The number of likely N-dealkylation sites (tertiary alicyclic amines) is 1. The highest BCUT2D eigenvalue weighted by Crippen LogP contribution is 2.08. The number of amides is 1. The first-order valence-corrected chi connectivity index (χ1v) is 6.25. The van der Waals surface area contributed by atoms with Gasteiger partial charge >= 0.3 is 0 Å². The molecule has 100 valence electrons. The van der Waals surface area contributed by atoms with E-state index in [9.17, 15) is 9.90 Å². The molecule has 1 aliphatic heterocycles. The maximum atomic E-state index is 11.6. The molecule has 1 amide bonds. The third kappa shape index (κ3) is 5.02. The summed E-state index contributed by atoms with van der Waals surface area (Å²) < 4.78 is 5.33. The molecule has 0 radical (unpaired) electrons. The third-order valence-corrected chi connectivity index (χ3v) is 2.79. The van der Waals surface area contributed by atoms with Crippen molar-refractivity contribution in [2.24, 2.45) is 5.92 Å². The van der Waals surface area contributed by atoms with E-state index in [1.165, 1.54) is 0 Å². The fourth-order valence-electron chi connectivity index (χ4n) is 1.79. The van der Waals surface area contributed by atoms with Gasteiger partial charge in [-0.1, -0.05) is 13.8 Å². The second-order valence-electron chi connectivity index (χ2n) is 5.09. The van der Waals surface area contributed by atoms with Gasteiger partial charge in [0, 0.05) is 26.7 Å². The van der Waals surface area contributed by atoms with Gasteiger partial charge in [-0.15, -0.1) is 0 Å². The van der Waals surface area contributed by atoms with E-state index in [0.717, 1.165) is 13.0 Å². The number of hydrogen-bond donors (Lipinski definition) is 2. The van der Waals surface area contributed by atoms with Gasteiger partial charge in [0.2, 0.25) is 5.91 Å². The Morgan fingerprint density at radius 3 is 2.76 bits per heavy atom. The number of aliphatic hydroxyl groups is 1. The Labute approximate surface area is 103 Å². The second-order valence-corrected chi connectivity index (χ2v) is 5.09. The number of carbonyl (C=O) groups excluding carboxylic acids is 1. The summed E-state index contributed by atoms with van der Waals surface area (Å²) in [5.41, 5.74) is 0. The molecule has 1 fully saturated rings. The van der Waals surface area contributed by atoms with Gasteiger partial charge in [-0.25, -0.2) is 0 Å². The Morgan fingerprint density at radius 1 is 1.53 bits per heavy atom. The maximum Gasteiger partial charge on any atom is 0.239 e. The summed E-state index contributed by atoms with van der Waals surface area (Å²) >= 11 is 0. The quantitative estimate of drug-likeness (QED) is 0.653. The minimum absolute atomic E-state index is 0.111. The van der Waals surface area contributed by atoms with E-state index in [1.807, 2.05) is 0 Å². The van der Waals surface area contributed by atoms with Crippen LogP contribution < -0.4 is 5.32 Å². The van der Waals surface area contributed by atoms with Crippen molar-refractivity contribution in [3.8, 4) is 0 Å². The molecular formula is C12H24N2O3. The normalized spacial score (nSPS) is 22.5. The molecule has 17 heavy (non-hydrogen) atoms. The van der Waals surface area contributed by atoms with Crippen molar-refractivity contribution in [3.63, 3.8) is 0 Å². The van der Waals surface area contributed by atoms with Crippen LogP contribution in [0, 0.1) is 5.92 Å².